The first-order valence-electron chi connectivity index (χ1n) is 6.29. The molecule has 0 heterocycles. The van der Waals surface area contributed by atoms with Crippen LogP contribution in [0.2, 0.25) is 5.02 Å². The van der Waals surface area contributed by atoms with Crippen molar-refractivity contribution >= 4 is 23.5 Å². The van der Waals surface area contributed by atoms with Crippen LogP contribution in [0.25, 0.3) is 0 Å². The van der Waals surface area contributed by atoms with Gasteiger partial charge in [-0.05, 0) is 24.7 Å². The van der Waals surface area contributed by atoms with E-state index in [0.717, 1.165) is 5.56 Å². The number of halogens is 1. The summed E-state index contributed by atoms with van der Waals surface area (Å²) < 4.78 is 0. The van der Waals surface area contributed by atoms with Crippen molar-refractivity contribution in [2.75, 3.05) is 26.7 Å². The second-order valence-corrected chi connectivity index (χ2v) is 4.55. The molecule has 0 aliphatic rings. The number of rotatable bonds is 7. The van der Waals surface area contributed by atoms with E-state index in [9.17, 15) is 9.59 Å². The van der Waals surface area contributed by atoms with Crippen LogP contribution in [-0.4, -0.2) is 38.6 Å². The number of benzene rings is 1. The molecule has 1 aromatic carbocycles. The molecule has 3 amide bonds. The van der Waals surface area contributed by atoms with Crippen molar-refractivity contribution < 1.29 is 9.59 Å². The number of amides is 3. The summed E-state index contributed by atoms with van der Waals surface area (Å²) in [5, 5.41) is 11.4. The van der Waals surface area contributed by atoms with Crippen molar-refractivity contribution in [2.45, 2.75) is 6.54 Å². The van der Waals surface area contributed by atoms with E-state index < -0.39 is 0 Å². The third-order valence-electron chi connectivity index (χ3n) is 2.47. The summed E-state index contributed by atoms with van der Waals surface area (Å²) in [5.41, 5.74) is 0.933. The molecule has 0 aliphatic heterocycles. The predicted molar refractivity (Wildman–Crippen MR) is 78.6 cm³/mol. The van der Waals surface area contributed by atoms with Crippen molar-refractivity contribution in [3.63, 3.8) is 0 Å². The number of urea groups is 1. The molecule has 0 spiro atoms. The zero-order chi connectivity index (χ0) is 14.8. The number of nitrogens with one attached hydrogen (secondary N) is 4. The second-order valence-electron chi connectivity index (χ2n) is 4.12. The molecule has 20 heavy (non-hydrogen) atoms. The number of carbonyl (C=O) groups excluding carboxylic acids is 2. The van der Waals surface area contributed by atoms with Gasteiger partial charge in [0.25, 0.3) is 0 Å². The van der Waals surface area contributed by atoms with Gasteiger partial charge < -0.3 is 21.3 Å². The standard InChI is InChI=1S/C13H19ClN4O2/c1-15-6-7-16-12(19)9-18-13(20)17-8-10-2-4-11(14)5-3-10/h2-5,15H,6-9H2,1H3,(H,16,19)(H2,17,18,20). The molecule has 0 bridgehead atoms. The van der Waals surface area contributed by atoms with Crippen LogP contribution in [0.4, 0.5) is 4.79 Å². The Hall–Kier alpha value is -1.79. The number of carbonyl (C=O) groups is 2. The minimum atomic E-state index is -0.385. The fourth-order valence-electron chi connectivity index (χ4n) is 1.40. The van der Waals surface area contributed by atoms with Gasteiger partial charge in [0.05, 0.1) is 6.54 Å². The van der Waals surface area contributed by atoms with Gasteiger partial charge in [-0.25, -0.2) is 4.79 Å². The van der Waals surface area contributed by atoms with Crippen LogP contribution in [0.5, 0.6) is 0 Å². The summed E-state index contributed by atoms with van der Waals surface area (Å²) in [6.45, 7) is 1.55. The van der Waals surface area contributed by atoms with Gasteiger partial charge >= 0.3 is 6.03 Å². The van der Waals surface area contributed by atoms with Crippen LogP contribution >= 0.6 is 11.6 Å². The van der Waals surface area contributed by atoms with Gasteiger partial charge in [-0.1, -0.05) is 23.7 Å². The molecule has 7 heteroatoms. The number of hydrogen-bond acceptors (Lipinski definition) is 3. The highest BCUT2D eigenvalue weighted by Crippen LogP contribution is 2.08. The molecular weight excluding hydrogens is 280 g/mol. The zero-order valence-electron chi connectivity index (χ0n) is 11.3. The van der Waals surface area contributed by atoms with Crippen LogP contribution in [0, 0.1) is 0 Å². The molecule has 0 fully saturated rings. The number of hydrogen-bond donors (Lipinski definition) is 4. The summed E-state index contributed by atoms with van der Waals surface area (Å²) in [6, 6.07) is 6.78. The number of likely N-dealkylation sites (N-methyl/N-ethyl adjacent to an activating group) is 1. The summed E-state index contributed by atoms with van der Waals surface area (Å²) in [5.74, 6) is -0.220. The molecule has 0 aliphatic carbocycles. The molecule has 0 saturated heterocycles. The van der Waals surface area contributed by atoms with Crippen molar-refractivity contribution in [1.82, 2.24) is 21.3 Å². The van der Waals surface area contributed by atoms with Crippen molar-refractivity contribution in [2.24, 2.45) is 0 Å². The molecule has 110 valence electrons. The predicted octanol–water partition coefficient (Wildman–Crippen LogP) is 0.475. The van der Waals surface area contributed by atoms with E-state index in [0.29, 0.717) is 24.7 Å². The lowest BCUT2D eigenvalue weighted by Gasteiger charge is -2.08. The lowest BCUT2D eigenvalue weighted by Crippen LogP contribution is -2.42. The Bertz CT molecular complexity index is 437. The Morgan fingerprint density at radius 3 is 2.40 bits per heavy atom. The average molecular weight is 299 g/mol. The van der Waals surface area contributed by atoms with Crippen LogP contribution in [0.15, 0.2) is 24.3 Å². The molecule has 1 aromatic rings. The fourth-order valence-corrected chi connectivity index (χ4v) is 1.52. The summed E-state index contributed by atoms with van der Waals surface area (Å²) in [4.78, 5) is 22.8. The maximum Gasteiger partial charge on any atom is 0.315 e. The zero-order valence-corrected chi connectivity index (χ0v) is 12.1. The van der Waals surface area contributed by atoms with Gasteiger partial charge in [0.2, 0.25) is 5.91 Å². The summed E-state index contributed by atoms with van der Waals surface area (Å²) in [6.07, 6.45) is 0. The van der Waals surface area contributed by atoms with E-state index in [1.165, 1.54) is 0 Å². The van der Waals surface area contributed by atoms with Crippen LogP contribution in [0.1, 0.15) is 5.56 Å². The lowest BCUT2D eigenvalue weighted by molar-refractivity contribution is -0.120. The maximum absolute atomic E-state index is 11.5. The smallest absolute Gasteiger partial charge is 0.315 e. The Morgan fingerprint density at radius 2 is 1.75 bits per heavy atom. The van der Waals surface area contributed by atoms with E-state index in [1.54, 1.807) is 19.2 Å². The molecule has 0 atom stereocenters. The van der Waals surface area contributed by atoms with Crippen molar-refractivity contribution in [1.29, 1.82) is 0 Å². The van der Waals surface area contributed by atoms with Crippen molar-refractivity contribution in [3.05, 3.63) is 34.9 Å². The Balaban J connectivity index is 2.17. The molecule has 4 N–H and O–H groups in total. The third-order valence-corrected chi connectivity index (χ3v) is 2.72. The van der Waals surface area contributed by atoms with Crippen molar-refractivity contribution in [3.8, 4) is 0 Å². The molecule has 0 radical (unpaired) electrons. The first-order chi connectivity index (χ1) is 9.61. The Morgan fingerprint density at radius 1 is 1.05 bits per heavy atom. The minimum Gasteiger partial charge on any atom is -0.353 e. The van der Waals surface area contributed by atoms with Gasteiger partial charge in [0, 0.05) is 24.7 Å². The molecular formula is C13H19ClN4O2. The van der Waals surface area contributed by atoms with E-state index in [1.807, 2.05) is 12.1 Å². The largest absolute Gasteiger partial charge is 0.353 e. The van der Waals surface area contributed by atoms with Crippen LogP contribution in [0.3, 0.4) is 0 Å². The van der Waals surface area contributed by atoms with Crippen LogP contribution < -0.4 is 21.3 Å². The highest BCUT2D eigenvalue weighted by Gasteiger charge is 2.04. The average Bonchev–Trinajstić information content (AvgIpc) is 2.45. The van der Waals surface area contributed by atoms with E-state index in [2.05, 4.69) is 21.3 Å². The van der Waals surface area contributed by atoms with E-state index in [4.69, 9.17) is 11.6 Å². The van der Waals surface area contributed by atoms with Gasteiger partial charge in [-0.3, -0.25) is 4.79 Å². The molecule has 0 unspecified atom stereocenters. The lowest BCUT2D eigenvalue weighted by atomic mass is 10.2. The van der Waals surface area contributed by atoms with Gasteiger partial charge in [-0.2, -0.15) is 0 Å². The van der Waals surface area contributed by atoms with Crippen LogP contribution in [-0.2, 0) is 11.3 Å². The third kappa shape index (κ3) is 6.96. The van der Waals surface area contributed by atoms with Gasteiger partial charge in [-0.15, -0.1) is 0 Å². The quantitative estimate of drug-likeness (QED) is 0.553. The van der Waals surface area contributed by atoms with E-state index >= 15 is 0 Å². The SMILES string of the molecule is CNCCNC(=O)CNC(=O)NCc1ccc(Cl)cc1. The Kier molecular flexibility index (Phi) is 7.46. The topological polar surface area (TPSA) is 82.3 Å². The second kappa shape index (κ2) is 9.17. The fraction of sp³-hybridized carbons (Fsp3) is 0.385. The molecule has 0 saturated carbocycles. The first-order valence-corrected chi connectivity index (χ1v) is 6.67. The minimum absolute atomic E-state index is 0.0455. The van der Waals surface area contributed by atoms with Gasteiger partial charge in [0.15, 0.2) is 0 Å². The van der Waals surface area contributed by atoms with E-state index in [-0.39, 0.29) is 18.5 Å². The normalized spacial score (nSPS) is 9.90. The molecule has 1 rings (SSSR count). The summed E-state index contributed by atoms with van der Waals surface area (Å²) in [7, 11) is 1.80. The highest BCUT2D eigenvalue weighted by atomic mass is 35.5. The molecule has 6 nitrogen and oxygen atoms in total. The highest BCUT2D eigenvalue weighted by molar-refractivity contribution is 6.30. The summed E-state index contributed by atoms with van der Waals surface area (Å²) >= 11 is 5.76. The van der Waals surface area contributed by atoms with Gasteiger partial charge in [0.1, 0.15) is 0 Å². The first kappa shape index (κ1) is 16.3. The maximum atomic E-state index is 11.5. The Labute approximate surface area is 123 Å². The molecule has 0 aromatic heterocycles. The monoisotopic (exact) mass is 298 g/mol.